The molecule has 0 bridgehead atoms. The second-order valence-electron chi connectivity index (χ2n) is 6.95. The van der Waals surface area contributed by atoms with E-state index < -0.39 is 20.3 Å². The third kappa shape index (κ3) is 5.36. The molecule has 0 spiro atoms. The van der Waals surface area contributed by atoms with Crippen LogP contribution in [0.2, 0.25) is 5.02 Å². The summed E-state index contributed by atoms with van der Waals surface area (Å²) in [6.07, 6.45) is 1.02. The van der Waals surface area contributed by atoms with Crippen molar-refractivity contribution in [3.05, 3.63) is 74.7 Å². The number of nitrogens with zero attached hydrogens (tertiary/aromatic N) is 1. The molecule has 0 unspecified atom stereocenters. The van der Waals surface area contributed by atoms with Crippen LogP contribution in [-0.4, -0.2) is 30.0 Å². The lowest BCUT2D eigenvalue weighted by molar-refractivity contribution is -0.113. The molecule has 2 N–H and O–H groups in total. The van der Waals surface area contributed by atoms with Gasteiger partial charge in [-0.25, -0.2) is 13.4 Å². The van der Waals surface area contributed by atoms with Gasteiger partial charge in [0, 0.05) is 10.7 Å². The first-order chi connectivity index (χ1) is 14.6. The molecule has 0 aliphatic heterocycles. The van der Waals surface area contributed by atoms with Crippen LogP contribution in [0.5, 0.6) is 0 Å². The Hall–Kier alpha value is -2.62. The van der Waals surface area contributed by atoms with Gasteiger partial charge in [-0.05, 0) is 50.1 Å². The number of aromatic amines is 1. The molecule has 1 aromatic heterocycles. The highest BCUT2D eigenvalue weighted by molar-refractivity contribution is 7.99. The van der Waals surface area contributed by atoms with Crippen LogP contribution in [0.25, 0.3) is 0 Å². The quantitative estimate of drug-likeness (QED) is 0.411. The number of halogens is 1. The highest BCUT2D eigenvalue weighted by atomic mass is 35.5. The van der Waals surface area contributed by atoms with Gasteiger partial charge in [-0.2, -0.15) is 0 Å². The number of rotatable bonds is 6. The Balaban J connectivity index is 1.74. The van der Waals surface area contributed by atoms with Crippen molar-refractivity contribution < 1.29 is 13.2 Å². The summed E-state index contributed by atoms with van der Waals surface area (Å²) >= 11 is 6.93. The van der Waals surface area contributed by atoms with Crippen LogP contribution in [0.4, 0.5) is 5.69 Å². The summed E-state index contributed by atoms with van der Waals surface area (Å²) in [5.41, 5.74) is 2.13. The topological polar surface area (TPSA) is 109 Å². The van der Waals surface area contributed by atoms with E-state index in [4.69, 9.17) is 11.6 Å². The number of aryl methyl sites for hydroxylation is 3. The lowest BCUT2D eigenvalue weighted by Crippen LogP contribution is -2.20. The van der Waals surface area contributed by atoms with Crippen LogP contribution in [0, 0.1) is 20.8 Å². The van der Waals surface area contributed by atoms with Crippen molar-refractivity contribution in [1.82, 2.24) is 9.97 Å². The molecule has 0 aliphatic carbocycles. The summed E-state index contributed by atoms with van der Waals surface area (Å²) in [7, 11) is -4.02. The first kappa shape index (κ1) is 23.1. The Kier molecular flexibility index (Phi) is 6.88. The van der Waals surface area contributed by atoms with Gasteiger partial charge in [-0.1, -0.05) is 47.1 Å². The maximum absolute atomic E-state index is 12.9. The van der Waals surface area contributed by atoms with E-state index in [2.05, 4.69) is 15.3 Å². The van der Waals surface area contributed by atoms with E-state index in [0.717, 1.165) is 29.1 Å². The number of nitrogens with one attached hydrogen (secondary N) is 2. The third-order valence-electron chi connectivity index (χ3n) is 4.47. The molecule has 0 aliphatic rings. The fourth-order valence-electron chi connectivity index (χ4n) is 2.90. The molecule has 0 atom stereocenters. The van der Waals surface area contributed by atoms with Gasteiger partial charge in [-0.15, -0.1) is 0 Å². The normalized spacial score (nSPS) is 11.4. The minimum absolute atomic E-state index is 0.0297. The number of aromatic nitrogens is 2. The molecular weight excluding hydrogens is 458 g/mol. The standard InChI is InChI=1S/C21H20ClN3O4S2/c1-12-4-7-17(14(3)8-12)31(28,29)18-10-23-21(25-20(18)27)30-11-19(26)24-16-9-15(22)6-5-13(16)2/h4-10H,11H2,1-3H3,(H,24,26)(H,23,25,27). The summed E-state index contributed by atoms with van der Waals surface area (Å²) in [6.45, 7) is 5.37. The number of sulfone groups is 1. The largest absolute Gasteiger partial charge is 0.325 e. The molecule has 3 aromatic rings. The third-order valence-corrected chi connectivity index (χ3v) is 7.50. The van der Waals surface area contributed by atoms with E-state index in [1.807, 2.05) is 13.8 Å². The predicted molar refractivity (Wildman–Crippen MR) is 122 cm³/mol. The average Bonchev–Trinajstić information content (AvgIpc) is 2.68. The molecule has 162 valence electrons. The zero-order chi connectivity index (χ0) is 22.8. The van der Waals surface area contributed by atoms with E-state index in [1.54, 1.807) is 37.3 Å². The fraction of sp³-hybridized carbons (Fsp3) is 0.190. The number of H-pyrrole nitrogens is 1. The fourth-order valence-corrected chi connectivity index (χ4v) is 5.16. The number of hydrogen-bond donors (Lipinski definition) is 2. The number of thioether (sulfide) groups is 1. The first-order valence-corrected chi connectivity index (χ1v) is 12.0. The number of anilines is 1. The lowest BCUT2D eigenvalue weighted by atomic mass is 10.2. The van der Waals surface area contributed by atoms with Crippen molar-refractivity contribution in [2.45, 2.75) is 35.7 Å². The molecule has 0 saturated carbocycles. The number of amides is 1. The Morgan fingerprint density at radius 1 is 1.10 bits per heavy atom. The lowest BCUT2D eigenvalue weighted by Gasteiger charge is -2.09. The van der Waals surface area contributed by atoms with Gasteiger partial charge in [0.25, 0.3) is 5.56 Å². The van der Waals surface area contributed by atoms with Gasteiger partial charge in [-0.3, -0.25) is 9.59 Å². The number of carbonyl (C=O) groups is 1. The highest BCUT2D eigenvalue weighted by Gasteiger charge is 2.24. The maximum atomic E-state index is 12.9. The number of benzene rings is 2. The second-order valence-corrected chi connectivity index (χ2v) is 10.2. The Labute approximate surface area is 189 Å². The summed E-state index contributed by atoms with van der Waals surface area (Å²) < 4.78 is 25.8. The Morgan fingerprint density at radius 3 is 2.52 bits per heavy atom. The highest BCUT2D eigenvalue weighted by Crippen LogP contribution is 2.23. The number of hydrogen-bond acceptors (Lipinski definition) is 6. The van der Waals surface area contributed by atoms with E-state index in [-0.39, 0.29) is 21.7 Å². The zero-order valence-corrected chi connectivity index (χ0v) is 19.4. The van der Waals surface area contributed by atoms with Crippen molar-refractivity contribution >= 4 is 44.8 Å². The molecule has 0 saturated heterocycles. The summed E-state index contributed by atoms with van der Waals surface area (Å²) in [4.78, 5) is 30.7. The van der Waals surface area contributed by atoms with E-state index in [1.165, 1.54) is 6.07 Å². The summed E-state index contributed by atoms with van der Waals surface area (Å²) in [6, 6.07) is 10.0. The predicted octanol–water partition coefficient (Wildman–Crippen LogP) is 3.91. The molecule has 1 amide bonds. The van der Waals surface area contributed by atoms with Crippen molar-refractivity contribution in [3.63, 3.8) is 0 Å². The van der Waals surface area contributed by atoms with E-state index >= 15 is 0 Å². The molecule has 1 heterocycles. The van der Waals surface area contributed by atoms with Crippen LogP contribution >= 0.6 is 23.4 Å². The Morgan fingerprint density at radius 2 is 1.84 bits per heavy atom. The average molecular weight is 478 g/mol. The maximum Gasteiger partial charge on any atom is 0.270 e. The molecular formula is C21H20ClN3O4S2. The van der Waals surface area contributed by atoms with Crippen molar-refractivity contribution in [2.75, 3.05) is 11.1 Å². The van der Waals surface area contributed by atoms with Crippen LogP contribution in [0.15, 0.2) is 62.3 Å². The number of carbonyl (C=O) groups excluding carboxylic acids is 1. The van der Waals surface area contributed by atoms with Crippen LogP contribution < -0.4 is 10.9 Å². The molecule has 0 radical (unpaired) electrons. The smallest absolute Gasteiger partial charge is 0.270 e. The molecule has 3 rings (SSSR count). The van der Waals surface area contributed by atoms with Crippen LogP contribution in [-0.2, 0) is 14.6 Å². The van der Waals surface area contributed by atoms with Gasteiger partial charge in [0.15, 0.2) is 10.1 Å². The van der Waals surface area contributed by atoms with Gasteiger partial charge >= 0.3 is 0 Å². The summed E-state index contributed by atoms with van der Waals surface area (Å²) in [5.74, 6) is -0.345. The SMILES string of the molecule is Cc1ccc(S(=O)(=O)c2cnc(SCC(=O)Nc3cc(Cl)ccc3C)[nH]c2=O)c(C)c1. The molecule has 10 heteroatoms. The van der Waals surface area contributed by atoms with Gasteiger partial charge < -0.3 is 10.3 Å². The first-order valence-electron chi connectivity index (χ1n) is 9.18. The summed E-state index contributed by atoms with van der Waals surface area (Å²) in [5, 5.41) is 3.39. The van der Waals surface area contributed by atoms with E-state index in [0.29, 0.717) is 16.3 Å². The van der Waals surface area contributed by atoms with Gasteiger partial charge in [0.2, 0.25) is 15.7 Å². The van der Waals surface area contributed by atoms with Crippen LogP contribution in [0.1, 0.15) is 16.7 Å². The van der Waals surface area contributed by atoms with E-state index in [9.17, 15) is 18.0 Å². The van der Waals surface area contributed by atoms with Crippen molar-refractivity contribution in [1.29, 1.82) is 0 Å². The van der Waals surface area contributed by atoms with Crippen LogP contribution in [0.3, 0.4) is 0 Å². The van der Waals surface area contributed by atoms with Crippen molar-refractivity contribution in [2.24, 2.45) is 0 Å². The zero-order valence-electron chi connectivity index (χ0n) is 17.0. The second kappa shape index (κ2) is 9.25. The molecule has 2 aromatic carbocycles. The molecule has 0 fully saturated rings. The van der Waals surface area contributed by atoms with Crippen molar-refractivity contribution in [3.8, 4) is 0 Å². The molecule has 7 nitrogen and oxygen atoms in total. The monoisotopic (exact) mass is 477 g/mol. The van der Waals surface area contributed by atoms with Gasteiger partial charge in [0.05, 0.1) is 16.8 Å². The molecule has 31 heavy (non-hydrogen) atoms. The minimum Gasteiger partial charge on any atom is -0.325 e. The Bertz CT molecular complexity index is 1320. The van der Waals surface area contributed by atoms with Gasteiger partial charge in [0.1, 0.15) is 0 Å². The minimum atomic E-state index is -4.02.